The molecular formula is C37H44F3NO12. The minimum Gasteiger partial charge on any atom is -0.493 e. The number of carbonyl (C=O) groups excluding carboxylic acids is 2. The van der Waals surface area contributed by atoms with Crippen molar-refractivity contribution < 1.29 is 67.0 Å². The number of halogens is 3. The molecule has 1 aliphatic carbocycles. The molecule has 0 bridgehead atoms. The Morgan fingerprint density at radius 2 is 1.81 bits per heavy atom. The lowest BCUT2D eigenvalue weighted by Crippen LogP contribution is -2.21. The van der Waals surface area contributed by atoms with Crippen LogP contribution in [0.4, 0.5) is 13.2 Å². The van der Waals surface area contributed by atoms with E-state index < -0.39 is 53.0 Å². The standard InChI is InChI=1S/C37H44F3NO12/c1-49-34-21-25(14-18-35(45)50-19-6-7-20-52-41(47)48)13-17-33(34)53-36(46)12-5-3-2-4-11-29-30(32(44)23-31(29)43)16-15-27(42)24-51-28-10-8-9-26(22-28)37(38,39)40/h2,4,8-10,13-18,21-22,27,29-32,42-44H,3,5-7,11-12,19-20,23-24H2,1H3/t27-,29-,30-,31+,32-/m1/s1. The average Bonchev–Trinajstić information content (AvgIpc) is 3.39. The van der Waals surface area contributed by atoms with Crippen LogP contribution >= 0.6 is 0 Å². The van der Waals surface area contributed by atoms with Gasteiger partial charge in [-0.15, -0.1) is 10.1 Å². The Morgan fingerprint density at radius 1 is 1.04 bits per heavy atom. The molecule has 16 heteroatoms. The number of hydrogen-bond acceptors (Lipinski definition) is 12. The highest BCUT2D eigenvalue weighted by Crippen LogP contribution is 2.37. The SMILES string of the molecule is COc1cc(C=CC(=O)OCCCCO[N+](=O)[O-])ccc1OC(=O)CCCC=CC[C@@H]1[C@@H](C=C[C@@H](O)COc2cccc(C(F)(F)F)c2)[C@H](O)C[C@@H]1O. The molecule has 3 rings (SSSR count). The van der Waals surface area contributed by atoms with Crippen molar-refractivity contribution in [2.75, 3.05) is 26.9 Å². The number of methoxy groups -OCH3 is 1. The van der Waals surface area contributed by atoms with Crippen LogP contribution < -0.4 is 14.2 Å². The zero-order valence-electron chi connectivity index (χ0n) is 29.1. The smallest absolute Gasteiger partial charge is 0.416 e. The number of carbonyl (C=O) groups is 2. The molecule has 53 heavy (non-hydrogen) atoms. The van der Waals surface area contributed by atoms with E-state index in [9.17, 15) is 48.2 Å². The minimum absolute atomic E-state index is 0.0446. The summed E-state index contributed by atoms with van der Waals surface area (Å²) in [6.45, 7) is -0.308. The molecule has 1 saturated carbocycles. The van der Waals surface area contributed by atoms with E-state index in [1.165, 1.54) is 43.5 Å². The van der Waals surface area contributed by atoms with Crippen LogP contribution in [-0.4, -0.2) is 77.6 Å². The molecule has 0 spiro atoms. The number of alkyl halides is 3. The van der Waals surface area contributed by atoms with Crippen LogP contribution in [0.2, 0.25) is 0 Å². The summed E-state index contributed by atoms with van der Waals surface area (Å²) in [6, 6.07) is 9.06. The van der Waals surface area contributed by atoms with Crippen LogP contribution in [0.25, 0.3) is 6.08 Å². The van der Waals surface area contributed by atoms with E-state index in [0.29, 0.717) is 37.7 Å². The molecule has 1 fully saturated rings. The molecule has 5 atom stereocenters. The van der Waals surface area contributed by atoms with Crippen molar-refractivity contribution in [3.63, 3.8) is 0 Å². The normalized spacial score (nSPS) is 19.5. The number of unbranched alkanes of at least 4 members (excludes halogenated alkanes) is 2. The van der Waals surface area contributed by atoms with E-state index in [1.54, 1.807) is 18.2 Å². The van der Waals surface area contributed by atoms with Crippen molar-refractivity contribution in [2.24, 2.45) is 11.8 Å². The Labute approximate surface area is 304 Å². The summed E-state index contributed by atoms with van der Waals surface area (Å²) in [5.41, 5.74) is -0.285. The molecule has 0 unspecified atom stereocenters. The van der Waals surface area contributed by atoms with Gasteiger partial charge in [-0.2, -0.15) is 13.2 Å². The lowest BCUT2D eigenvalue weighted by molar-refractivity contribution is -0.757. The number of esters is 2. The lowest BCUT2D eigenvalue weighted by Gasteiger charge is -2.19. The van der Waals surface area contributed by atoms with Gasteiger partial charge >= 0.3 is 18.1 Å². The van der Waals surface area contributed by atoms with Crippen LogP contribution in [0.15, 0.2) is 72.8 Å². The van der Waals surface area contributed by atoms with Crippen molar-refractivity contribution in [3.8, 4) is 17.2 Å². The third-order valence-corrected chi connectivity index (χ3v) is 8.18. The first-order chi connectivity index (χ1) is 25.3. The van der Waals surface area contributed by atoms with Crippen LogP contribution in [-0.2, 0) is 25.3 Å². The predicted octanol–water partition coefficient (Wildman–Crippen LogP) is 5.63. The van der Waals surface area contributed by atoms with Gasteiger partial charge in [0.25, 0.3) is 5.09 Å². The van der Waals surface area contributed by atoms with Gasteiger partial charge < -0.3 is 39.1 Å². The number of allylic oxidation sites excluding steroid dienone is 2. The number of aliphatic hydroxyl groups is 3. The fourth-order valence-electron chi connectivity index (χ4n) is 5.47. The summed E-state index contributed by atoms with van der Waals surface area (Å²) in [4.78, 5) is 38.7. The van der Waals surface area contributed by atoms with Gasteiger partial charge in [-0.3, -0.25) is 4.79 Å². The summed E-state index contributed by atoms with van der Waals surface area (Å²) >= 11 is 0. The first kappa shape index (κ1) is 42.5. The van der Waals surface area contributed by atoms with Crippen LogP contribution in [0.3, 0.4) is 0 Å². The van der Waals surface area contributed by atoms with Gasteiger partial charge in [0, 0.05) is 24.8 Å². The molecule has 13 nitrogen and oxygen atoms in total. The topological polar surface area (TPSA) is 184 Å². The molecule has 2 aromatic rings. The highest BCUT2D eigenvalue weighted by molar-refractivity contribution is 5.87. The van der Waals surface area contributed by atoms with E-state index in [-0.39, 0.29) is 55.8 Å². The highest BCUT2D eigenvalue weighted by atomic mass is 19.4. The predicted molar refractivity (Wildman–Crippen MR) is 184 cm³/mol. The summed E-state index contributed by atoms with van der Waals surface area (Å²) < 4.78 is 59.9. The molecule has 3 N–H and O–H groups in total. The van der Waals surface area contributed by atoms with Crippen LogP contribution in [0.1, 0.15) is 56.1 Å². The van der Waals surface area contributed by atoms with Crippen LogP contribution in [0, 0.1) is 22.0 Å². The Bertz CT molecular complexity index is 1580. The maximum Gasteiger partial charge on any atom is 0.416 e. The third kappa shape index (κ3) is 15.3. The van der Waals surface area contributed by atoms with Crippen molar-refractivity contribution in [1.82, 2.24) is 0 Å². The monoisotopic (exact) mass is 751 g/mol. The fourth-order valence-corrected chi connectivity index (χ4v) is 5.47. The minimum atomic E-state index is -4.52. The first-order valence-electron chi connectivity index (χ1n) is 16.9. The Balaban J connectivity index is 1.39. The van der Waals surface area contributed by atoms with E-state index in [0.717, 1.165) is 12.1 Å². The average molecular weight is 752 g/mol. The van der Waals surface area contributed by atoms with Crippen molar-refractivity contribution in [1.29, 1.82) is 0 Å². The molecule has 0 heterocycles. The van der Waals surface area contributed by atoms with Crippen molar-refractivity contribution >= 4 is 18.0 Å². The number of ether oxygens (including phenoxy) is 4. The maximum atomic E-state index is 12.9. The Kier molecular flexibility index (Phi) is 17.3. The number of rotatable bonds is 21. The zero-order chi connectivity index (χ0) is 38.8. The number of aliphatic hydroxyl groups excluding tert-OH is 3. The first-order valence-corrected chi connectivity index (χ1v) is 16.9. The van der Waals surface area contributed by atoms with Gasteiger partial charge in [0.2, 0.25) is 0 Å². The molecular weight excluding hydrogens is 707 g/mol. The van der Waals surface area contributed by atoms with Gasteiger partial charge in [0.15, 0.2) is 11.5 Å². The van der Waals surface area contributed by atoms with E-state index in [1.807, 2.05) is 12.2 Å². The molecule has 0 aliphatic heterocycles. The second-order valence-corrected chi connectivity index (χ2v) is 12.1. The summed E-state index contributed by atoms with van der Waals surface area (Å²) in [7, 11) is 1.41. The number of hydrogen-bond donors (Lipinski definition) is 3. The number of nitrogens with zero attached hydrogens (tertiary/aromatic N) is 1. The second kappa shape index (κ2) is 21.6. The van der Waals surface area contributed by atoms with Crippen molar-refractivity contribution in [3.05, 3.63) is 94.1 Å². The van der Waals surface area contributed by atoms with Gasteiger partial charge in [-0.25, -0.2) is 4.79 Å². The van der Waals surface area contributed by atoms with Gasteiger partial charge in [-0.1, -0.05) is 36.4 Å². The van der Waals surface area contributed by atoms with Gasteiger partial charge in [0.1, 0.15) is 18.5 Å². The second-order valence-electron chi connectivity index (χ2n) is 12.1. The number of benzene rings is 2. The van der Waals surface area contributed by atoms with E-state index in [4.69, 9.17) is 18.9 Å². The molecule has 0 amide bonds. The largest absolute Gasteiger partial charge is 0.493 e. The van der Waals surface area contributed by atoms with Gasteiger partial charge in [-0.05, 0) is 80.0 Å². The Hall–Kier alpha value is -4.93. The summed E-state index contributed by atoms with van der Waals surface area (Å²) in [5.74, 6) is -1.47. The van der Waals surface area contributed by atoms with Gasteiger partial charge in [0.05, 0.1) is 38.1 Å². The van der Waals surface area contributed by atoms with E-state index >= 15 is 0 Å². The molecule has 2 aromatic carbocycles. The fraction of sp³-hybridized carbons (Fsp3) is 0.459. The maximum absolute atomic E-state index is 12.9. The molecule has 0 aromatic heterocycles. The molecule has 0 radical (unpaired) electrons. The Morgan fingerprint density at radius 3 is 2.55 bits per heavy atom. The third-order valence-electron chi connectivity index (χ3n) is 8.18. The molecule has 0 saturated heterocycles. The summed E-state index contributed by atoms with van der Waals surface area (Å²) in [6.07, 6.45) is 4.53. The molecule has 290 valence electrons. The van der Waals surface area contributed by atoms with E-state index in [2.05, 4.69) is 4.84 Å². The quantitative estimate of drug-likeness (QED) is 0.0272. The highest BCUT2D eigenvalue weighted by Gasteiger charge is 2.39. The summed E-state index contributed by atoms with van der Waals surface area (Å²) in [5, 5.41) is 40.5. The lowest BCUT2D eigenvalue weighted by atomic mass is 9.89. The van der Waals surface area contributed by atoms with Crippen molar-refractivity contribution in [2.45, 2.75) is 69.4 Å². The molecule has 1 aliphatic rings. The van der Waals surface area contributed by atoms with Crippen LogP contribution in [0.5, 0.6) is 17.2 Å². The zero-order valence-corrected chi connectivity index (χ0v) is 29.1.